The molecule has 0 saturated heterocycles. The van der Waals surface area contributed by atoms with Gasteiger partial charge in [-0.15, -0.1) is 11.3 Å². The number of carbonyl (C=O) groups is 1. The van der Waals surface area contributed by atoms with Crippen molar-refractivity contribution in [3.05, 3.63) is 45.9 Å². The van der Waals surface area contributed by atoms with Crippen molar-refractivity contribution in [2.24, 2.45) is 0 Å². The smallest absolute Gasteiger partial charge is 0.255 e. The third kappa shape index (κ3) is 3.57. The van der Waals surface area contributed by atoms with Crippen LogP contribution in [0.4, 0.5) is 5.69 Å². The molecule has 1 unspecified atom stereocenters. The zero-order chi connectivity index (χ0) is 14.5. The molecule has 0 bridgehead atoms. The second-order valence-electron chi connectivity index (χ2n) is 4.76. The number of hydrogen-bond acceptors (Lipinski definition) is 4. The van der Waals surface area contributed by atoms with Gasteiger partial charge in [0.05, 0.1) is 5.56 Å². The van der Waals surface area contributed by atoms with E-state index >= 15 is 0 Å². The molecule has 0 spiro atoms. The van der Waals surface area contributed by atoms with Crippen molar-refractivity contribution in [3.8, 4) is 0 Å². The van der Waals surface area contributed by atoms with Crippen molar-refractivity contribution in [1.29, 1.82) is 0 Å². The molecule has 0 aliphatic carbocycles. The number of nitrogens with one attached hydrogen (secondary N) is 2. The van der Waals surface area contributed by atoms with Crippen molar-refractivity contribution in [2.75, 3.05) is 12.4 Å². The number of amides is 1. The summed E-state index contributed by atoms with van der Waals surface area (Å²) in [5.74, 6) is -0.0942. The van der Waals surface area contributed by atoms with Crippen LogP contribution in [0, 0.1) is 6.92 Å². The van der Waals surface area contributed by atoms with Crippen LogP contribution in [0.1, 0.15) is 27.0 Å². The highest BCUT2D eigenvalue weighted by molar-refractivity contribution is 7.11. The Kier molecular flexibility index (Phi) is 4.74. The molecule has 5 heteroatoms. The first kappa shape index (κ1) is 14.5. The number of carbonyl (C=O) groups excluding carboxylic acids is 1. The van der Waals surface area contributed by atoms with Crippen LogP contribution < -0.4 is 10.6 Å². The third-order valence-electron chi connectivity index (χ3n) is 3.02. The Morgan fingerprint density at radius 3 is 2.85 bits per heavy atom. The van der Waals surface area contributed by atoms with Crippen LogP contribution in [-0.2, 0) is 6.42 Å². The maximum Gasteiger partial charge on any atom is 0.255 e. The maximum absolute atomic E-state index is 12.2. The number of rotatable bonds is 5. The molecule has 0 radical (unpaired) electrons. The van der Waals surface area contributed by atoms with Gasteiger partial charge in [0.1, 0.15) is 0 Å². The summed E-state index contributed by atoms with van der Waals surface area (Å²) in [4.78, 5) is 18.8. The minimum absolute atomic E-state index is 0.0884. The van der Waals surface area contributed by atoms with Crippen molar-refractivity contribution in [3.63, 3.8) is 0 Å². The van der Waals surface area contributed by atoms with E-state index in [0.29, 0.717) is 5.56 Å². The first-order valence-corrected chi connectivity index (χ1v) is 7.39. The number of nitrogens with zero attached hydrogens (tertiary/aromatic N) is 1. The highest BCUT2D eigenvalue weighted by atomic mass is 32.1. The Morgan fingerprint density at radius 1 is 1.40 bits per heavy atom. The summed E-state index contributed by atoms with van der Waals surface area (Å²) in [6.45, 7) is 4.11. The molecule has 106 valence electrons. The zero-order valence-electron chi connectivity index (χ0n) is 11.9. The van der Waals surface area contributed by atoms with Gasteiger partial charge in [-0.05, 0) is 32.0 Å². The highest BCUT2D eigenvalue weighted by Crippen LogP contribution is 2.17. The quantitative estimate of drug-likeness (QED) is 0.890. The van der Waals surface area contributed by atoms with E-state index in [0.717, 1.165) is 12.1 Å². The molecule has 20 heavy (non-hydrogen) atoms. The Hall–Kier alpha value is -1.88. The van der Waals surface area contributed by atoms with Crippen molar-refractivity contribution < 1.29 is 4.79 Å². The van der Waals surface area contributed by atoms with Crippen LogP contribution >= 0.6 is 11.3 Å². The first-order valence-electron chi connectivity index (χ1n) is 6.58. The lowest BCUT2D eigenvalue weighted by molar-refractivity contribution is 0.0940. The van der Waals surface area contributed by atoms with Crippen LogP contribution in [0.25, 0.3) is 0 Å². The number of pyridine rings is 1. The average Bonchev–Trinajstić information content (AvgIpc) is 2.83. The molecule has 2 aromatic rings. The Balaban J connectivity index is 2.00. The Morgan fingerprint density at radius 2 is 2.20 bits per heavy atom. The molecule has 1 amide bonds. The van der Waals surface area contributed by atoms with Gasteiger partial charge in [-0.1, -0.05) is 0 Å². The normalized spacial score (nSPS) is 11.9. The number of aryl methyl sites for hydroxylation is 1. The van der Waals surface area contributed by atoms with Gasteiger partial charge in [-0.2, -0.15) is 0 Å². The maximum atomic E-state index is 12.2. The van der Waals surface area contributed by atoms with Gasteiger partial charge in [0, 0.05) is 47.3 Å². The fourth-order valence-corrected chi connectivity index (χ4v) is 3.06. The standard InChI is InChI=1S/C15H19N3OS/c1-10(8-12-5-4-11(2)20-12)18-15(19)13-9-17-7-6-14(13)16-3/h4-7,9-10H,8H2,1-3H3,(H,16,17)(H,18,19). The van der Waals surface area contributed by atoms with Gasteiger partial charge < -0.3 is 10.6 Å². The Bertz CT molecular complexity index is 594. The number of anilines is 1. The van der Waals surface area contributed by atoms with Crippen LogP contribution in [-0.4, -0.2) is 24.0 Å². The first-order chi connectivity index (χ1) is 9.60. The van der Waals surface area contributed by atoms with Crippen LogP contribution in [0.2, 0.25) is 0 Å². The van der Waals surface area contributed by atoms with Gasteiger partial charge in [-0.3, -0.25) is 9.78 Å². The van der Waals surface area contributed by atoms with Crippen molar-refractivity contribution in [2.45, 2.75) is 26.3 Å². The number of hydrogen-bond donors (Lipinski definition) is 2. The number of thiophene rings is 1. The van der Waals surface area contributed by atoms with Gasteiger partial charge in [-0.25, -0.2) is 0 Å². The predicted molar refractivity (Wildman–Crippen MR) is 83.5 cm³/mol. The van der Waals surface area contributed by atoms with Crippen molar-refractivity contribution >= 4 is 22.9 Å². The predicted octanol–water partition coefficient (Wildman–Crippen LogP) is 2.85. The molecular formula is C15H19N3OS. The van der Waals surface area contributed by atoms with E-state index in [1.807, 2.05) is 6.92 Å². The molecule has 0 saturated carbocycles. The minimum Gasteiger partial charge on any atom is -0.387 e. The second kappa shape index (κ2) is 6.52. The molecule has 0 fully saturated rings. The molecule has 2 rings (SSSR count). The molecule has 4 nitrogen and oxygen atoms in total. The zero-order valence-corrected chi connectivity index (χ0v) is 12.8. The van der Waals surface area contributed by atoms with Gasteiger partial charge >= 0.3 is 0 Å². The van der Waals surface area contributed by atoms with Gasteiger partial charge in [0.25, 0.3) is 5.91 Å². The monoisotopic (exact) mass is 289 g/mol. The lowest BCUT2D eigenvalue weighted by Crippen LogP contribution is -2.34. The molecule has 0 aliphatic heterocycles. The van der Waals surface area contributed by atoms with Gasteiger partial charge in [0.15, 0.2) is 0 Å². The van der Waals surface area contributed by atoms with Gasteiger partial charge in [0.2, 0.25) is 0 Å². The molecule has 0 aromatic carbocycles. The lowest BCUT2D eigenvalue weighted by Gasteiger charge is -2.14. The topological polar surface area (TPSA) is 54.0 Å². The van der Waals surface area contributed by atoms with E-state index < -0.39 is 0 Å². The SMILES string of the molecule is CNc1ccncc1C(=O)NC(C)Cc1ccc(C)s1. The molecular weight excluding hydrogens is 270 g/mol. The van der Waals surface area contributed by atoms with Crippen LogP contribution in [0.5, 0.6) is 0 Å². The van der Waals surface area contributed by atoms with E-state index in [2.05, 4.69) is 34.7 Å². The highest BCUT2D eigenvalue weighted by Gasteiger charge is 2.14. The lowest BCUT2D eigenvalue weighted by atomic mass is 10.1. The van der Waals surface area contributed by atoms with Crippen molar-refractivity contribution in [1.82, 2.24) is 10.3 Å². The van der Waals surface area contributed by atoms with E-state index in [9.17, 15) is 4.79 Å². The van der Waals surface area contributed by atoms with E-state index in [1.54, 1.807) is 36.8 Å². The summed E-state index contributed by atoms with van der Waals surface area (Å²) < 4.78 is 0. The van der Waals surface area contributed by atoms with E-state index in [1.165, 1.54) is 9.75 Å². The van der Waals surface area contributed by atoms with E-state index in [4.69, 9.17) is 0 Å². The summed E-state index contributed by atoms with van der Waals surface area (Å²) in [6, 6.07) is 6.10. The second-order valence-corrected chi connectivity index (χ2v) is 6.13. The number of aromatic nitrogens is 1. The molecule has 2 heterocycles. The van der Waals surface area contributed by atoms with Crippen LogP contribution in [0.15, 0.2) is 30.6 Å². The summed E-state index contributed by atoms with van der Waals surface area (Å²) >= 11 is 1.77. The van der Waals surface area contributed by atoms with E-state index in [-0.39, 0.29) is 11.9 Å². The molecule has 0 aliphatic rings. The average molecular weight is 289 g/mol. The fourth-order valence-electron chi connectivity index (χ4n) is 2.04. The summed E-state index contributed by atoms with van der Waals surface area (Å²) in [5.41, 5.74) is 1.36. The molecule has 1 atom stereocenters. The largest absolute Gasteiger partial charge is 0.387 e. The summed E-state index contributed by atoms with van der Waals surface area (Å²) in [7, 11) is 1.80. The third-order valence-corrected chi connectivity index (χ3v) is 4.04. The van der Waals surface area contributed by atoms with Crippen LogP contribution in [0.3, 0.4) is 0 Å². The summed E-state index contributed by atoms with van der Waals surface area (Å²) in [5, 5.41) is 6.02. The fraction of sp³-hybridized carbons (Fsp3) is 0.333. The summed E-state index contributed by atoms with van der Waals surface area (Å²) in [6.07, 6.45) is 4.10. The molecule has 2 aromatic heterocycles. The molecule has 2 N–H and O–H groups in total. The minimum atomic E-state index is -0.0942. The Labute approximate surface area is 123 Å².